The first-order valence-corrected chi connectivity index (χ1v) is 8.88. The molecule has 0 aromatic heterocycles. The fraction of sp³-hybridized carbons (Fsp3) is 0.632. The van der Waals surface area contributed by atoms with Crippen LogP contribution in [0, 0.1) is 5.92 Å². The van der Waals surface area contributed by atoms with Crippen LogP contribution in [-0.4, -0.2) is 59.1 Å². The molecule has 0 aliphatic carbocycles. The van der Waals surface area contributed by atoms with Gasteiger partial charge in [0.1, 0.15) is 0 Å². The maximum atomic E-state index is 12.5. The van der Waals surface area contributed by atoms with E-state index in [1.807, 2.05) is 11.8 Å². The summed E-state index contributed by atoms with van der Waals surface area (Å²) in [5.74, 6) is 0.910. The molecule has 1 aromatic carbocycles. The smallest absolute Gasteiger partial charge is 0.239 e. The monoisotopic (exact) mass is 316 g/mol. The second-order valence-corrected chi connectivity index (χ2v) is 7.07. The average Bonchev–Trinajstić information content (AvgIpc) is 3.02. The standard InChI is InChI=1S/C19H28N2O2/c1-15(19(23)21-12-9-18(22)14-21)20-10-7-17(8-11-20)13-16-5-3-2-4-6-16/h2-6,15,17-18,22H,7-14H2,1H3/t15?,18-/m1/s1. The molecule has 0 spiro atoms. The summed E-state index contributed by atoms with van der Waals surface area (Å²) in [4.78, 5) is 16.7. The van der Waals surface area contributed by atoms with Gasteiger partial charge in [-0.05, 0) is 57.2 Å². The number of aliphatic hydroxyl groups excluding tert-OH is 1. The van der Waals surface area contributed by atoms with E-state index < -0.39 is 0 Å². The summed E-state index contributed by atoms with van der Waals surface area (Å²) < 4.78 is 0. The van der Waals surface area contributed by atoms with Gasteiger partial charge < -0.3 is 10.0 Å². The lowest BCUT2D eigenvalue weighted by Gasteiger charge is -2.36. The Kier molecular flexibility index (Phi) is 5.34. The molecule has 23 heavy (non-hydrogen) atoms. The van der Waals surface area contributed by atoms with E-state index in [4.69, 9.17) is 0 Å². The maximum absolute atomic E-state index is 12.5. The highest BCUT2D eigenvalue weighted by molar-refractivity contribution is 5.81. The molecular formula is C19H28N2O2. The molecular weight excluding hydrogens is 288 g/mol. The van der Waals surface area contributed by atoms with Crippen molar-refractivity contribution in [2.75, 3.05) is 26.2 Å². The Hall–Kier alpha value is -1.39. The van der Waals surface area contributed by atoms with Crippen molar-refractivity contribution in [3.05, 3.63) is 35.9 Å². The minimum Gasteiger partial charge on any atom is -0.391 e. The van der Waals surface area contributed by atoms with E-state index in [1.54, 1.807) is 0 Å². The molecule has 1 amide bonds. The van der Waals surface area contributed by atoms with Gasteiger partial charge in [-0.25, -0.2) is 0 Å². The quantitative estimate of drug-likeness (QED) is 0.923. The Labute approximate surface area is 139 Å². The summed E-state index contributed by atoms with van der Waals surface area (Å²) in [6.07, 6.45) is 3.86. The first kappa shape index (κ1) is 16.5. The summed E-state index contributed by atoms with van der Waals surface area (Å²) >= 11 is 0. The molecule has 2 atom stereocenters. The Balaban J connectivity index is 1.47. The fourth-order valence-electron chi connectivity index (χ4n) is 3.85. The second-order valence-electron chi connectivity index (χ2n) is 7.07. The van der Waals surface area contributed by atoms with Gasteiger partial charge in [0.05, 0.1) is 12.1 Å². The van der Waals surface area contributed by atoms with Crippen LogP contribution in [0.4, 0.5) is 0 Å². The summed E-state index contributed by atoms with van der Waals surface area (Å²) in [6, 6.07) is 10.6. The average molecular weight is 316 g/mol. The zero-order valence-corrected chi connectivity index (χ0v) is 14.0. The lowest BCUT2D eigenvalue weighted by molar-refractivity contribution is -0.136. The number of hydrogen-bond acceptors (Lipinski definition) is 3. The highest BCUT2D eigenvalue weighted by atomic mass is 16.3. The number of carbonyl (C=O) groups is 1. The van der Waals surface area contributed by atoms with Crippen LogP contribution < -0.4 is 0 Å². The van der Waals surface area contributed by atoms with E-state index in [0.717, 1.165) is 44.7 Å². The molecule has 3 rings (SSSR count). The predicted octanol–water partition coefficient (Wildman–Crippen LogP) is 1.92. The molecule has 4 heteroatoms. The van der Waals surface area contributed by atoms with E-state index >= 15 is 0 Å². The molecule has 2 heterocycles. The van der Waals surface area contributed by atoms with E-state index in [2.05, 4.69) is 35.2 Å². The molecule has 2 fully saturated rings. The van der Waals surface area contributed by atoms with Gasteiger partial charge in [0.2, 0.25) is 5.91 Å². The lowest BCUT2D eigenvalue weighted by atomic mass is 9.89. The van der Waals surface area contributed by atoms with Crippen LogP contribution in [0.1, 0.15) is 31.7 Å². The van der Waals surface area contributed by atoms with Crippen molar-refractivity contribution in [2.24, 2.45) is 5.92 Å². The number of amides is 1. The van der Waals surface area contributed by atoms with Crippen molar-refractivity contribution >= 4 is 5.91 Å². The highest BCUT2D eigenvalue weighted by Crippen LogP contribution is 2.24. The molecule has 1 N–H and O–H groups in total. The van der Waals surface area contributed by atoms with Gasteiger partial charge in [-0.3, -0.25) is 9.69 Å². The van der Waals surface area contributed by atoms with Crippen molar-refractivity contribution in [3.8, 4) is 0 Å². The number of rotatable bonds is 4. The third-order valence-corrected chi connectivity index (χ3v) is 5.40. The van der Waals surface area contributed by atoms with Crippen LogP contribution in [0.5, 0.6) is 0 Å². The Morgan fingerprint density at radius 2 is 1.87 bits per heavy atom. The number of β-amino-alcohol motifs (C(OH)–C–C–N with tert-alkyl or cyclic N) is 1. The maximum Gasteiger partial charge on any atom is 0.239 e. The molecule has 2 aliphatic heterocycles. The predicted molar refractivity (Wildman–Crippen MR) is 91.1 cm³/mol. The largest absolute Gasteiger partial charge is 0.391 e. The van der Waals surface area contributed by atoms with Crippen molar-refractivity contribution < 1.29 is 9.90 Å². The molecule has 1 aromatic rings. The molecule has 1 unspecified atom stereocenters. The lowest BCUT2D eigenvalue weighted by Crippen LogP contribution is -2.49. The normalized spacial score (nSPS) is 24.8. The molecule has 126 valence electrons. The highest BCUT2D eigenvalue weighted by Gasteiger charge is 2.32. The number of piperidine rings is 1. The Bertz CT molecular complexity index is 511. The molecule has 0 bridgehead atoms. The fourth-order valence-corrected chi connectivity index (χ4v) is 3.85. The number of nitrogens with zero attached hydrogens (tertiary/aromatic N) is 2. The van der Waals surface area contributed by atoms with Crippen LogP contribution in [0.15, 0.2) is 30.3 Å². The Morgan fingerprint density at radius 1 is 1.17 bits per heavy atom. The van der Waals surface area contributed by atoms with Crippen LogP contribution in [-0.2, 0) is 11.2 Å². The van der Waals surface area contributed by atoms with Gasteiger partial charge >= 0.3 is 0 Å². The van der Waals surface area contributed by atoms with Gasteiger partial charge in [-0.15, -0.1) is 0 Å². The molecule has 2 aliphatic rings. The van der Waals surface area contributed by atoms with Crippen molar-refractivity contribution in [3.63, 3.8) is 0 Å². The van der Waals surface area contributed by atoms with Crippen LogP contribution in [0.2, 0.25) is 0 Å². The SMILES string of the molecule is CC(C(=O)N1CC[C@@H](O)C1)N1CCC(Cc2ccccc2)CC1. The Morgan fingerprint density at radius 3 is 2.48 bits per heavy atom. The summed E-state index contributed by atoms with van der Waals surface area (Å²) in [6.45, 7) is 5.23. The van der Waals surface area contributed by atoms with Crippen molar-refractivity contribution in [1.29, 1.82) is 0 Å². The number of benzene rings is 1. The van der Waals surface area contributed by atoms with Crippen molar-refractivity contribution in [2.45, 2.75) is 44.8 Å². The summed E-state index contributed by atoms with van der Waals surface area (Å²) in [5, 5.41) is 9.61. The van der Waals surface area contributed by atoms with Gasteiger partial charge in [0.25, 0.3) is 0 Å². The number of carbonyl (C=O) groups excluding carboxylic acids is 1. The zero-order valence-electron chi connectivity index (χ0n) is 14.0. The van der Waals surface area contributed by atoms with E-state index in [9.17, 15) is 9.90 Å². The molecule has 4 nitrogen and oxygen atoms in total. The second kappa shape index (κ2) is 7.45. The third kappa shape index (κ3) is 4.12. The summed E-state index contributed by atoms with van der Waals surface area (Å²) in [7, 11) is 0. The van der Waals surface area contributed by atoms with Crippen molar-refractivity contribution in [1.82, 2.24) is 9.80 Å². The van der Waals surface area contributed by atoms with E-state index in [1.165, 1.54) is 5.56 Å². The van der Waals surface area contributed by atoms with E-state index in [-0.39, 0.29) is 18.1 Å². The minimum absolute atomic E-state index is 0.0574. The first-order valence-electron chi connectivity index (χ1n) is 8.88. The first-order chi connectivity index (χ1) is 11.1. The minimum atomic E-state index is -0.331. The third-order valence-electron chi connectivity index (χ3n) is 5.40. The van der Waals surface area contributed by atoms with Gasteiger partial charge in [0.15, 0.2) is 0 Å². The van der Waals surface area contributed by atoms with Gasteiger partial charge in [-0.1, -0.05) is 30.3 Å². The van der Waals surface area contributed by atoms with E-state index in [0.29, 0.717) is 13.1 Å². The van der Waals surface area contributed by atoms with Crippen LogP contribution in [0.25, 0.3) is 0 Å². The van der Waals surface area contributed by atoms with Crippen LogP contribution in [0.3, 0.4) is 0 Å². The van der Waals surface area contributed by atoms with Crippen LogP contribution >= 0.6 is 0 Å². The molecule has 2 saturated heterocycles. The number of likely N-dealkylation sites (tertiary alicyclic amines) is 2. The zero-order chi connectivity index (χ0) is 16.2. The molecule has 0 radical (unpaired) electrons. The number of aliphatic hydroxyl groups is 1. The summed E-state index contributed by atoms with van der Waals surface area (Å²) in [5.41, 5.74) is 1.42. The topological polar surface area (TPSA) is 43.8 Å². The number of hydrogen-bond donors (Lipinski definition) is 1. The van der Waals surface area contributed by atoms with Gasteiger partial charge in [0, 0.05) is 13.1 Å². The van der Waals surface area contributed by atoms with Gasteiger partial charge in [-0.2, -0.15) is 0 Å². The molecule has 0 saturated carbocycles.